The van der Waals surface area contributed by atoms with Crippen LogP contribution in [0.15, 0.2) is 36.0 Å². The third kappa shape index (κ3) is 3.45. The van der Waals surface area contributed by atoms with Crippen LogP contribution in [0.5, 0.6) is 0 Å². The van der Waals surface area contributed by atoms with Crippen LogP contribution in [-0.2, 0) is 20.7 Å². The Hall–Kier alpha value is -2.45. The number of carbonyl (C=O) groups excluding carboxylic acids is 2. The molecule has 2 unspecified atom stereocenters. The second kappa shape index (κ2) is 8.78. The van der Waals surface area contributed by atoms with Crippen molar-refractivity contribution in [1.82, 2.24) is 9.78 Å². The summed E-state index contributed by atoms with van der Waals surface area (Å²) in [6.07, 6.45) is 7.85. The lowest BCUT2D eigenvalue weighted by molar-refractivity contribution is -0.196. The summed E-state index contributed by atoms with van der Waals surface area (Å²) >= 11 is 4.23. The van der Waals surface area contributed by atoms with E-state index in [1.165, 1.54) is 17.7 Å². The molecular formula is C30H35FN2O4S. The SMILES string of the molecule is CCC(=O)O[C@]1(C(=O)S)CCC2[C@@H]3CCC4=Cc5c(cnn5-c5ccc(F)cc5)C[C@]4(C)C3[C@@H](O)C[C@@]21C. The van der Waals surface area contributed by atoms with Crippen LogP contribution in [0.2, 0.25) is 0 Å². The molecule has 38 heavy (non-hydrogen) atoms. The third-order valence-electron chi connectivity index (χ3n) is 10.5. The van der Waals surface area contributed by atoms with Gasteiger partial charge in [-0.05, 0) is 97.6 Å². The van der Waals surface area contributed by atoms with E-state index >= 15 is 0 Å². The molecule has 0 spiro atoms. The van der Waals surface area contributed by atoms with E-state index in [9.17, 15) is 19.1 Å². The second-order valence-electron chi connectivity index (χ2n) is 12.2. The molecule has 0 saturated heterocycles. The smallest absolute Gasteiger partial charge is 0.306 e. The lowest BCUT2D eigenvalue weighted by Gasteiger charge is -2.60. The summed E-state index contributed by atoms with van der Waals surface area (Å²) in [4.78, 5) is 25.4. The minimum Gasteiger partial charge on any atom is -0.449 e. The molecule has 1 heterocycles. The summed E-state index contributed by atoms with van der Waals surface area (Å²) in [5, 5.41) is 16.1. The molecule has 3 saturated carbocycles. The normalized spacial score (nSPS) is 37.4. The van der Waals surface area contributed by atoms with Crippen LogP contribution >= 0.6 is 12.6 Å². The van der Waals surface area contributed by atoms with Crippen molar-refractivity contribution in [2.24, 2.45) is 28.6 Å². The van der Waals surface area contributed by atoms with E-state index < -0.39 is 28.2 Å². The molecule has 2 aromatic rings. The quantitative estimate of drug-likeness (QED) is 0.407. The van der Waals surface area contributed by atoms with Gasteiger partial charge in [0.1, 0.15) is 5.82 Å². The summed E-state index contributed by atoms with van der Waals surface area (Å²) in [6.45, 7) is 6.02. The van der Waals surface area contributed by atoms with Gasteiger partial charge in [-0.15, -0.1) is 12.6 Å². The minimum atomic E-state index is -1.30. The number of rotatable bonds is 4. The highest BCUT2D eigenvalue weighted by Crippen LogP contribution is 2.68. The number of fused-ring (bicyclic) bond motifs is 6. The standard InChI is InChI=1S/C30H35FN2O4S/c1-4-25(35)37-30(27(36)38)12-11-22-21-10-5-18-13-23-17(16-32-33(23)20-8-6-19(31)7-9-20)14-28(18,2)26(21)24(34)15-29(22,30)3/h6-9,13,16,21-22,24,26,34H,4-5,10-12,14-15H2,1-3H3,(H,36,38)/t21-,22?,24-,26?,28-,29-,30-/m0/s1. The molecule has 1 aromatic heterocycles. The largest absolute Gasteiger partial charge is 0.449 e. The molecule has 8 heteroatoms. The summed E-state index contributed by atoms with van der Waals surface area (Å²) in [6, 6.07) is 6.36. The van der Waals surface area contributed by atoms with Gasteiger partial charge in [-0.3, -0.25) is 9.59 Å². The van der Waals surface area contributed by atoms with Gasteiger partial charge in [-0.25, -0.2) is 9.07 Å². The Bertz CT molecular complexity index is 1340. The molecule has 0 radical (unpaired) electrons. The number of esters is 1. The maximum absolute atomic E-state index is 13.5. The Kier molecular flexibility index (Phi) is 5.96. The first-order valence-electron chi connectivity index (χ1n) is 13.7. The number of carbonyl (C=O) groups is 2. The van der Waals surface area contributed by atoms with E-state index in [4.69, 9.17) is 4.74 Å². The van der Waals surface area contributed by atoms with E-state index in [1.807, 2.05) is 17.8 Å². The highest BCUT2D eigenvalue weighted by molar-refractivity contribution is 7.96. The van der Waals surface area contributed by atoms with Gasteiger partial charge in [0.25, 0.3) is 0 Å². The molecule has 0 amide bonds. The summed E-state index contributed by atoms with van der Waals surface area (Å²) in [7, 11) is 0. The Morgan fingerprint density at radius 2 is 1.97 bits per heavy atom. The van der Waals surface area contributed by atoms with E-state index in [-0.39, 0.29) is 35.4 Å². The number of thiol groups is 1. The number of ether oxygens (including phenoxy) is 1. The molecule has 202 valence electrons. The van der Waals surface area contributed by atoms with Crippen LogP contribution in [0, 0.1) is 34.4 Å². The maximum atomic E-state index is 13.5. The minimum absolute atomic E-state index is 0.0237. The summed E-state index contributed by atoms with van der Waals surface area (Å²) < 4.78 is 21.3. The number of nitrogens with zero attached hydrogens (tertiary/aromatic N) is 2. The first-order chi connectivity index (χ1) is 18.0. The molecule has 7 atom stereocenters. The number of benzene rings is 1. The van der Waals surface area contributed by atoms with Crippen molar-refractivity contribution in [1.29, 1.82) is 0 Å². The van der Waals surface area contributed by atoms with Gasteiger partial charge in [-0.1, -0.05) is 26.3 Å². The van der Waals surface area contributed by atoms with Crippen LogP contribution < -0.4 is 0 Å². The lowest BCUT2D eigenvalue weighted by Crippen LogP contribution is -2.62. The van der Waals surface area contributed by atoms with Crippen molar-refractivity contribution in [3.63, 3.8) is 0 Å². The van der Waals surface area contributed by atoms with Crippen molar-refractivity contribution >= 4 is 29.8 Å². The predicted molar refractivity (Wildman–Crippen MR) is 144 cm³/mol. The Morgan fingerprint density at radius 1 is 1.24 bits per heavy atom. The topological polar surface area (TPSA) is 81.4 Å². The average Bonchev–Trinajstić information content (AvgIpc) is 3.40. The van der Waals surface area contributed by atoms with Gasteiger partial charge in [0, 0.05) is 11.8 Å². The van der Waals surface area contributed by atoms with Crippen LogP contribution in [0.4, 0.5) is 4.39 Å². The molecule has 1 N–H and O–H groups in total. The Morgan fingerprint density at radius 3 is 2.66 bits per heavy atom. The number of halogens is 1. The van der Waals surface area contributed by atoms with Crippen molar-refractivity contribution in [2.45, 2.75) is 77.4 Å². The highest BCUT2D eigenvalue weighted by Gasteiger charge is 2.70. The van der Waals surface area contributed by atoms with Gasteiger partial charge in [0.15, 0.2) is 5.60 Å². The molecule has 6 nitrogen and oxygen atoms in total. The highest BCUT2D eigenvalue weighted by atomic mass is 32.1. The maximum Gasteiger partial charge on any atom is 0.306 e. The van der Waals surface area contributed by atoms with E-state index in [2.05, 4.69) is 30.7 Å². The zero-order chi connectivity index (χ0) is 27.0. The molecule has 4 aliphatic rings. The molecule has 1 aromatic carbocycles. The Balaban J connectivity index is 1.36. The van der Waals surface area contributed by atoms with E-state index in [0.717, 1.165) is 42.6 Å². The molecular weight excluding hydrogens is 503 g/mol. The van der Waals surface area contributed by atoms with Crippen LogP contribution in [0.3, 0.4) is 0 Å². The van der Waals surface area contributed by atoms with Crippen molar-refractivity contribution in [2.75, 3.05) is 0 Å². The number of aliphatic hydroxyl groups is 1. The first kappa shape index (κ1) is 25.8. The van der Waals surface area contributed by atoms with Gasteiger partial charge in [-0.2, -0.15) is 5.10 Å². The van der Waals surface area contributed by atoms with Crippen molar-refractivity contribution in [3.05, 3.63) is 53.1 Å². The third-order valence-corrected chi connectivity index (χ3v) is 10.9. The van der Waals surface area contributed by atoms with Gasteiger partial charge in [0.2, 0.25) is 5.12 Å². The van der Waals surface area contributed by atoms with Gasteiger partial charge in [0.05, 0.1) is 23.7 Å². The zero-order valence-electron chi connectivity index (χ0n) is 22.1. The Labute approximate surface area is 228 Å². The van der Waals surface area contributed by atoms with Gasteiger partial charge >= 0.3 is 5.97 Å². The monoisotopic (exact) mass is 538 g/mol. The second-order valence-corrected chi connectivity index (χ2v) is 12.6. The van der Waals surface area contributed by atoms with Crippen molar-refractivity contribution < 1.29 is 23.8 Å². The van der Waals surface area contributed by atoms with Crippen LogP contribution in [-0.4, -0.2) is 37.7 Å². The summed E-state index contributed by atoms with van der Waals surface area (Å²) in [5.41, 5.74) is 2.05. The first-order valence-corrected chi connectivity index (χ1v) is 14.2. The lowest BCUT2D eigenvalue weighted by atomic mass is 9.45. The number of hydrogen-bond donors (Lipinski definition) is 2. The number of aromatic nitrogens is 2. The van der Waals surface area contributed by atoms with Crippen LogP contribution in [0.25, 0.3) is 11.8 Å². The molecule has 3 fully saturated rings. The number of aliphatic hydroxyl groups excluding tert-OH is 1. The molecule has 0 bridgehead atoms. The fourth-order valence-electron chi connectivity index (χ4n) is 8.79. The van der Waals surface area contributed by atoms with Crippen molar-refractivity contribution in [3.8, 4) is 5.69 Å². The summed E-state index contributed by atoms with van der Waals surface area (Å²) in [5.74, 6) is -0.301. The molecule has 0 aliphatic heterocycles. The van der Waals surface area contributed by atoms with E-state index in [1.54, 1.807) is 19.1 Å². The fourth-order valence-corrected chi connectivity index (χ4v) is 9.20. The zero-order valence-corrected chi connectivity index (χ0v) is 23.0. The number of hydrogen-bond acceptors (Lipinski definition) is 5. The van der Waals surface area contributed by atoms with E-state index in [0.29, 0.717) is 12.8 Å². The molecule has 6 rings (SSSR count). The number of allylic oxidation sites excluding steroid dienone is 1. The average molecular weight is 539 g/mol. The predicted octanol–water partition coefficient (Wildman–Crippen LogP) is 5.31. The fraction of sp³-hybridized carbons (Fsp3) is 0.567. The van der Waals surface area contributed by atoms with Crippen LogP contribution in [0.1, 0.15) is 70.6 Å². The van der Waals surface area contributed by atoms with Gasteiger partial charge < -0.3 is 9.84 Å². The molecule has 4 aliphatic carbocycles.